The summed E-state index contributed by atoms with van der Waals surface area (Å²) in [6.07, 6.45) is -1.71. The third kappa shape index (κ3) is 4.92. The van der Waals surface area contributed by atoms with Crippen LogP contribution in [0.5, 0.6) is 5.88 Å². The Bertz CT molecular complexity index is 1490. The molecule has 1 aromatic carbocycles. The maximum absolute atomic E-state index is 12.7. The number of aryl methyl sites for hydroxylation is 2. The summed E-state index contributed by atoms with van der Waals surface area (Å²) < 4.78 is 50.8. The topological polar surface area (TPSA) is 122 Å². The van der Waals surface area contributed by atoms with Gasteiger partial charge in [0.05, 0.1) is 30.1 Å². The van der Waals surface area contributed by atoms with Crippen molar-refractivity contribution in [2.45, 2.75) is 19.2 Å². The number of rotatable bonds is 7. The second-order valence-corrected chi connectivity index (χ2v) is 7.80. The van der Waals surface area contributed by atoms with E-state index in [1.807, 2.05) is 24.3 Å². The first-order chi connectivity index (χ1) is 17.3. The predicted molar refractivity (Wildman–Crippen MR) is 117 cm³/mol. The normalized spacial score (nSPS) is 11.7. The van der Waals surface area contributed by atoms with Crippen LogP contribution < -0.4 is 4.74 Å². The van der Waals surface area contributed by atoms with Gasteiger partial charge in [0.2, 0.25) is 11.7 Å². The monoisotopic (exact) mass is 497 g/mol. The number of ether oxygens (including phenoxy) is 1. The van der Waals surface area contributed by atoms with Crippen molar-refractivity contribution in [3.8, 4) is 28.7 Å². The van der Waals surface area contributed by atoms with Gasteiger partial charge in [-0.15, -0.1) is 10.2 Å². The molecule has 4 heterocycles. The molecule has 184 valence electrons. The van der Waals surface area contributed by atoms with Crippen LogP contribution in [-0.2, 0) is 33.3 Å². The highest BCUT2D eigenvalue weighted by Gasteiger charge is 2.30. The molecule has 5 aromatic rings. The van der Waals surface area contributed by atoms with Crippen LogP contribution in [-0.4, -0.2) is 45.1 Å². The number of benzene rings is 1. The first kappa shape index (κ1) is 23.1. The number of alkyl halides is 3. The van der Waals surface area contributed by atoms with E-state index in [9.17, 15) is 13.2 Å². The van der Waals surface area contributed by atoms with Crippen LogP contribution in [0.15, 0.2) is 53.3 Å². The summed E-state index contributed by atoms with van der Waals surface area (Å²) in [5.74, 6) is 1.22. The smallest absolute Gasteiger partial charge is 0.417 e. The highest BCUT2D eigenvalue weighted by Crippen LogP contribution is 2.30. The fraction of sp³-hybridized carbons (Fsp3) is 0.227. The molecular formula is C22H18F3N9O2. The quantitative estimate of drug-likeness (QED) is 0.333. The predicted octanol–water partition coefficient (Wildman–Crippen LogP) is 3.24. The van der Waals surface area contributed by atoms with Gasteiger partial charge in [-0.2, -0.15) is 28.1 Å². The molecule has 11 nitrogen and oxygen atoms in total. The van der Waals surface area contributed by atoms with Gasteiger partial charge >= 0.3 is 6.18 Å². The Morgan fingerprint density at radius 3 is 2.67 bits per heavy atom. The summed E-state index contributed by atoms with van der Waals surface area (Å²) in [7, 11) is 3.40. The highest BCUT2D eigenvalue weighted by molar-refractivity contribution is 5.61. The molecule has 0 atom stereocenters. The number of tetrazole rings is 1. The minimum Gasteiger partial charge on any atom is -0.471 e. The molecule has 0 saturated carbocycles. The second-order valence-electron chi connectivity index (χ2n) is 7.80. The van der Waals surface area contributed by atoms with Crippen LogP contribution in [0.3, 0.4) is 0 Å². The van der Waals surface area contributed by atoms with Crippen LogP contribution >= 0.6 is 0 Å². The molecule has 0 aliphatic carbocycles. The molecule has 0 aliphatic heterocycles. The van der Waals surface area contributed by atoms with Gasteiger partial charge in [-0.1, -0.05) is 23.4 Å². The lowest BCUT2D eigenvalue weighted by atomic mass is 10.1. The Labute approximate surface area is 201 Å². The van der Waals surface area contributed by atoms with Gasteiger partial charge in [0, 0.05) is 31.3 Å². The maximum Gasteiger partial charge on any atom is 0.417 e. The lowest BCUT2D eigenvalue weighted by Gasteiger charge is -2.09. The van der Waals surface area contributed by atoms with E-state index in [2.05, 4.69) is 35.6 Å². The Kier molecular flexibility index (Phi) is 5.91. The zero-order valence-corrected chi connectivity index (χ0v) is 19.0. The number of hydrogen-bond acceptors (Lipinski definition) is 9. The van der Waals surface area contributed by atoms with E-state index in [-0.39, 0.29) is 18.4 Å². The SMILES string of the molecule is Cn1nnc(Cc2cccc(-c3noc(-c4cnn(C)c4COc4ccc(C(F)(F)F)cn4)n3)c2)n1. The van der Waals surface area contributed by atoms with E-state index >= 15 is 0 Å². The molecule has 5 rings (SSSR count). The first-order valence-corrected chi connectivity index (χ1v) is 10.6. The van der Waals surface area contributed by atoms with Crippen LogP contribution in [0, 0.1) is 0 Å². The largest absolute Gasteiger partial charge is 0.471 e. The summed E-state index contributed by atoms with van der Waals surface area (Å²) in [6, 6.07) is 9.64. The van der Waals surface area contributed by atoms with E-state index in [1.54, 1.807) is 25.0 Å². The molecule has 0 bridgehead atoms. The molecule has 0 unspecified atom stereocenters. The number of pyridine rings is 1. The zero-order valence-electron chi connectivity index (χ0n) is 19.0. The van der Waals surface area contributed by atoms with Gasteiger partial charge in [-0.05, 0) is 22.9 Å². The van der Waals surface area contributed by atoms with Gasteiger partial charge < -0.3 is 9.26 Å². The third-order valence-electron chi connectivity index (χ3n) is 5.24. The molecule has 36 heavy (non-hydrogen) atoms. The van der Waals surface area contributed by atoms with Crippen molar-refractivity contribution >= 4 is 0 Å². The van der Waals surface area contributed by atoms with Crippen LogP contribution in [0.1, 0.15) is 22.6 Å². The number of nitrogens with zero attached hydrogens (tertiary/aromatic N) is 9. The van der Waals surface area contributed by atoms with Crippen molar-refractivity contribution in [2.75, 3.05) is 0 Å². The van der Waals surface area contributed by atoms with E-state index in [0.29, 0.717) is 29.3 Å². The fourth-order valence-corrected chi connectivity index (χ4v) is 3.44. The molecule has 0 amide bonds. The molecule has 14 heteroatoms. The molecule has 0 aliphatic rings. The molecule has 4 aromatic heterocycles. The van der Waals surface area contributed by atoms with Crippen molar-refractivity contribution < 1.29 is 22.4 Å². The molecule has 0 radical (unpaired) electrons. The second kappa shape index (κ2) is 9.20. The zero-order chi connectivity index (χ0) is 25.3. The summed E-state index contributed by atoms with van der Waals surface area (Å²) in [4.78, 5) is 9.61. The van der Waals surface area contributed by atoms with Gasteiger partial charge in [0.1, 0.15) is 6.61 Å². The van der Waals surface area contributed by atoms with Gasteiger partial charge in [0.15, 0.2) is 5.82 Å². The highest BCUT2D eigenvalue weighted by atomic mass is 19.4. The third-order valence-corrected chi connectivity index (χ3v) is 5.24. The molecule has 0 spiro atoms. The van der Waals surface area contributed by atoms with E-state index in [4.69, 9.17) is 9.26 Å². The minimum atomic E-state index is -4.47. The van der Waals surface area contributed by atoms with Crippen LogP contribution in [0.2, 0.25) is 0 Å². The average Bonchev–Trinajstić information content (AvgIpc) is 3.58. The van der Waals surface area contributed by atoms with Gasteiger partial charge in [0.25, 0.3) is 5.89 Å². The van der Waals surface area contributed by atoms with Crippen LogP contribution in [0.4, 0.5) is 13.2 Å². The summed E-state index contributed by atoms with van der Waals surface area (Å²) in [6.45, 7) is -0.0253. The Morgan fingerprint density at radius 1 is 1.08 bits per heavy atom. The van der Waals surface area contributed by atoms with Gasteiger partial charge in [-0.25, -0.2) is 4.98 Å². The fourth-order valence-electron chi connectivity index (χ4n) is 3.44. The number of halogens is 3. The van der Waals surface area contributed by atoms with Gasteiger partial charge in [-0.3, -0.25) is 4.68 Å². The van der Waals surface area contributed by atoms with E-state index in [0.717, 1.165) is 29.5 Å². The summed E-state index contributed by atoms with van der Waals surface area (Å²) >= 11 is 0. The Morgan fingerprint density at radius 2 is 1.94 bits per heavy atom. The summed E-state index contributed by atoms with van der Waals surface area (Å²) in [5, 5.41) is 20.3. The number of hydrogen-bond donors (Lipinski definition) is 0. The number of aromatic nitrogens is 9. The molecule has 0 saturated heterocycles. The lowest BCUT2D eigenvalue weighted by molar-refractivity contribution is -0.137. The van der Waals surface area contributed by atoms with Crippen molar-refractivity contribution in [1.29, 1.82) is 0 Å². The minimum absolute atomic E-state index is 0.0253. The maximum atomic E-state index is 12.7. The molecule has 0 fully saturated rings. The van der Waals surface area contributed by atoms with E-state index < -0.39 is 11.7 Å². The van der Waals surface area contributed by atoms with Crippen molar-refractivity contribution in [2.24, 2.45) is 14.1 Å². The van der Waals surface area contributed by atoms with Crippen molar-refractivity contribution in [3.05, 3.63) is 71.4 Å². The van der Waals surface area contributed by atoms with Crippen molar-refractivity contribution in [3.63, 3.8) is 0 Å². The van der Waals surface area contributed by atoms with Crippen LogP contribution in [0.25, 0.3) is 22.8 Å². The standard InChI is InChI=1S/C22H18F3N9O2/c1-33-17(12-35-19-7-6-15(10-26-19)22(23,24)25)16(11-27-33)21-28-20(31-36-21)14-5-3-4-13(8-14)9-18-29-32-34(2)30-18/h3-8,10-11H,9,12H2,1-2H3. The average molecular weight is 497 g/mol. The lowest BCUT2D eigenvalue weighted by Crippen LogP contribution is -2.07. The molecule has 0 N–H and O–H groups in total. The van der Waals surface area contributed by atoms with Crippen molar-refractivity contribution in [1.82, 2.24) is 45.1 Å². The van der Waals surface area contributed by atoms with E-state index in [1.165, 1.54) is 4.80 Å². The Balaban J connectivity index is 1.33. The summed E-state index contributed by atoms with van der Waals surface area (Å²) in [5.41, 5.74) is 1.94. The first-order valence-electron chi connectivity index (χ1n) is 10.6. The Hall–Kier alpha value is -4.62. The molecular weight excluding hydrogens is 479 g/mol.